The Morgan fingerprint density at radius 2 is 1.58 bits per heavy atom. The molecule has 0 amide bonds. The molecule has 1 aliphatic heterocycles. The van der Waals surface area contributed by atoms with Crippen molar-refractivity contribution in [3.63, 3.8) is 0 Å². The van der Waals surface area contributed by atoms with Crippen LogP contribution >= 0.6 is 0 Å². The molecule has 0 aliphatic carbocycles. The van der Waals surface area contributed by atoms with E-state index in [0.29, 0.717) is 5.56 Å². The van der Waals surface area contributed by atoms with Gasteiger partial charge in [0, 0.05) is 26.8 Å². The molecule has 1 fully saturated rings. The van der Waals surface area contributed by atoms with Gasteiger partial charge in [-0.2, -0.15) is 0 Å². The number of methoxy groups -OCH3 is 1. The summed E-state index contributed by atoms with van der Waals surface area (Å²) in [7, 11) is 0.975. The Morgan fingerprint density at radius 3 is 2.06 bits per heavy atom. The normalized spacial score (nSPS) is 26.6. The van der Waals surface area contributed by atoms with Crippen LogP contribution in [0.3, 0.4) is 0 Å². The smallest absolute Gasteiger partial charge is 0.339 e. The molecular formula is C20H23NO12. The van der Waals surface area contributed by atoms with Crippen LogP contribution in [0.1, 0.15) is 31.9 Å². The molecule has 0 radical (unpaired) electrons. The highest BCUT2D eigenvalue weighted by molar-refractivity contribution is 5.77. The Labute approximate surface area is 187 Å². The number of carbonyl (C=O) groups is 4. The fourth-order valence-electron chi connectivity index (χ4n) is 3.47. The molecule has 0 saturated carbocycles. The van der Waals surface area contributed by atoms with Crippen molar-refractivity contribution < 1.29 is 52.9 Å². The molecule has 1 N–H and O–H groups in total. The topological polar surface area (TPSA) is 178 Å². The summed E-state index contributed by atoms with van der Waals surface area (Å²) in [4.78, 5) is 58.8. The van der Waals surface area contributed by atoms with Crippen LogP contribution < -0.4 is 0 Å². The number of nitro benzene ring substituents is 1. The van der Waals surface area contributed by atoms with E-state index in [1.165, 1.54) is 6.07 Å². The molecule has 13 heteroatoms. The monoisotopic (exact) mass is 469 g/mol. The lowest BCUT2D eigenvalue weighted by molar-refractivity contribution is -0.395. The van der Waals surface area contributed by atoms with Crippen LogP contribution in [0.15, 0.2) is 18.2 Å². The zero-order valence-electron chi connectivity index (χ0n) is 18.4. The van der Waals surface area contributed by atoms with Gasteiger partial charge < -0.3 is 28.8 Å². The van der Waals surface area contributed by atoms with Gasteiger partial charge in [0.05, 0.1) is 17.6 Å². The maximum atomic E-state index is 12.5. The van der Waals surface area contributed by atoms with Crippen molar-refractivity contribution >= 4 is 29.6 Å². The van der Waals surface area contributed by atoms with Gasteiger partial charge in [0.25, 0.3) is 5.69 Å². The van der Waals surface area contributed by atoms with Crippen LogP contribution in [0.2, 0.25) is 0 Å². The predicted molar refractivity (Wildman–Crippen MR) is 105 cm³/mol. The first-order valence-corrected chi connectivity index (χ1v) is 9.57. The van der Waals surface area contributed by atoms with Gasteiger partial charge in [0.2, 0.25) is 11.9 Å². The van der Waals surface area contributed by atoms with Crippen LogP contribution in [0.25, 0.3) is 0 Å². The third kappa shape index (κ3) is 5.43. The third-order valence-electron chi connectivity index (χ3n) is 4.68. The molecule has 1 heterocycles. The molecule has 180 valence electrons. The lowest BCUT2D eigenvalue weighted by Gasteiger charge is -2.47. The van der Waals surface area contributed by atoms with E-state index in [-0.39, 0.29) is 0 Å². The average Bonchev–Trinajstić information content (AvgIpc) is 2.70. The first-order chi connectivity index (χ1) is 15.3. The molecule has 5 atom stereocenters. The summed E-state index contributed by atoms with van der Waals surface area (Å²) >= 11 is 0. The van der Waals surface area contributed by atoms with Gasteiger partial charge in [0.15, 0.2) is 18.3 Å². The van der Waals surface area contributed by atoms with Crippen molar-refractivity contribution in [2.45, 2.75) is 57.9 Å². The SMILES string of the molecule is COC(=O)[C@H]1O[C@](O)(c2ccc(C)cc2[N+](=O)[O-])[C@H](OC(C)=O)[C@@H](OC(C)=O)[C@@H]1OC(C)=O. The van der Waals surface area contributed by atoms with E-state index < -0.39 is 70.3 Å². The number of nitrogens with zero attached hydrogens (tertiary/aromatic N) is 1. The third-order valence-corrected chi connectivity index (χ3v) is 4.68. The fourth-order valence-corrected chi connectivity index (χ4v) is 3.47. The first-order valence-electron chi connectivity index (χ1n) is 9.57. The molecule has 0 bridgehead atoms. The molecule has 1 aliphatic rings. The lowest BCUT2D eigenvalue weighted by atomic mass is 9.86. The second-order valence-electron chi connectivity index (χ2n) is 7.21. The summed E-state index contributed by atoms with van der Waals surface area (Å²) in [5.41, 5.74) is -0.685. The maximum Gasteiger partial charge on any atom is 0.339 e. The molecule has 0 spiro atoms. The molecular weight excluding hydrogens is 446 g/mol. The standard InChI is InChI=1S/C20H23NO12/c1-9-6-7-13(14(8-9)21(27)28)20(26)18(32-12(4)24)16(31-11(3)23)15(30-10(2)22)17(33-20)19(25)29-5/h6-8,15-18,26H,1-5H3/t15-,16-,17-,18+,20+/m0/s1. The van der Waals surface area contributed by atoms with Crippen LogP contribution in [-0.4, -0.2) is 65.4 Å². The van der Waals surface area contributed by atoms with E-state index in [9.17, 15) is 34.4 Å². The zero-order chi connectivity index (χ0) is 25.1. The van der Waals surface area contributed by atoms with Gasteiger partial charge in [-0.15, -0.1) is 0 Å². The number of hydrogen-bond donors (Lipinski definition) is 1. The van der Waals surface area contributed by atoms with E-state index in [0.717, 1.165) is 40.0 Å². The van der Waals surface area contributed by atoms with Crippen molar-refractivity contribution in [3.05, 3.63) is 39.4 Å². The van der Waals surface area contributed by atoms with Gasteiger partial charge in [-0.3, -0.25) is 24.5 Å². The van der Waals surface area contributed by atoms with E-state index in [4.69, 9.17) is 18.9 Å². The largest absolute Gasteiger partial charge is 0.467 e. The minimum absolute atomic E-state index is 0.452. The van der Waals surface area contributed by atoms with E-state index in [2.05, 4.69) is 4.74 Å². The number of aliphatic hydroxyl groups is 1. The number of aryl methyl sites for hydroxylation is 1. The molecule has 13 nitrogen and oxygen atoms in total. The van der Waals surface area contributed by atoms with Gasteiger partial charge in [-0.05, 0) is 18.6 Å². The van der Waals surface area contributed by atoms with Crippen molar-refractivity contribution in [2.24, 2.45) is 0 Å². The molecule has 33 heavy (non-hydrogen) atoms. The summed E-state index contributed by atoms with van der Waals surface area (Å²) < 4.78 is 25.6. The van der Waals surface area contributed by atoms with Crippen molar-refractivity contribution in [1.29, 1.82) is 0 Å². The predicted octanol–water partition coefficient (Wildman–Crippen LogP) is 0.415. The minimum atomic E-state index is -2.89. The molecule has 1 saturated heterocycles. The molecule has 0 unspecified atom stereocenters. The Hall–Kier alpha value is -3.58. The van der Waals surface area contributed by atoms with Crippen LogP contribution in [0.4, 0.5) is 5.69 Å². The Bertz CT molecular complexity index is 976. The first kappa shape index (κ1) is 25.7. The molecule has 2 rings (SSSR count). The second-order valence-corrected chi connectivity index (χ2v) is 7.21. The molecule has 1 aromatic carbocycles. The summed E-state index contributed by atoms with van der Waals surface area (Å²) in [5.74, 6) is -6.93. The second kappa shape index (κ2) is 9.92. The van der Waals surface area contributed by atoms with Gasteiger partial charge in [-0.1, -0.05) is 6.07 Å². The van der Waals surface area contributed by atoms with Crippen LogP contribution in [-0.2, 0) is 48.6 Å². The number of esters is 4. The van der Waals surface area contributed by atoms with Gasteiger partial charge >= 0.3 is 23.9 Å². The zero-order valence-corrected chi connectivity index (χ0v) is 18.4. The average molecular weight is 469 g/mol. The highest BCUT2D eigenvalue weighted by Gasteiger charge is 2.63. The maximum absolute atomic E-state index is 12.5. The summed E-state index contributed by atoms with van der Waals surface area (Å²) in [6.07, 6.45) is -7.43. The van der Waals surface area contributed by atoms with E-state index in [1.54, 1.807) is 6.92 Å². The van der Waals surface area contributed by atoms with Crippen LogP contribution in [0, 0.1) is 17.0 Å². The highest BCUT2D eigenvalue weighted by Crippen LogP contribution is 2.44. The number of benzene rings is 1. The number of hydrogen-bond acceptors (Lipinski definition) is 12. The summed E-state index contributed by atoms with van der Waals surface area (Å²) in [6.45, 7) is 4.49. The van der Waals surface area contributed by atoms with Gasteiger partial charge in [-0.25, -0.2) is 4.79 Å². The Kier molecular flexibility index (Phi) is 7.72. The minimum Gasteiger partial charge on any atom is -0.467 e. The van der Waals surface area contributed by atoms with Crippen molar-refractivity contribution in [2.75, 3.05) is 7.11 Å². The van der Waals surface area contributed by atoms with E-state index in [1.807, 2.05) is 0 Å². The summed E-state index contributed by atoms with van der Waals surface area (Å²) in [6, 6.07) is 3.66. The number of ether oxygens (including phenoxy) is 5. The highest BCUT2D eigenvalue weighted by atomic mass is 16.7. The quantitative estimate of drug-likeness (QED) is 0.263. The van der Waals surface area contributed by atoms with Crippen molar-refractivity contribution in [3.8, 4) is 0 Å². The number of carbonyl (C=O) groups excluding carboxylic acids is 4. The van der Waals surface area contributed by atoms with Crippen LogP contribution in [0.5, 0.6) is 0 Å². The fraction of sp³-hybridized carbons (Fsp3) is 0.500. The number of nitro groups is 1. The van der Waals surface area contributed by atoms with Gasteiger partial charge in [0.1, 0.15) is 0 Å². The van der Waals surface area contributed by atoms with Crippen molar-refractivity contribution in [1.82, 2.24) is 0 Å². The molecule has 1 aromatic rings. The Morgan fingerprint density at radius 1 is 1.03 bits per heavy atom. The number of rotatable bonds is 6. The Balaban J connectivity index is 2.83. The molecule has 0 aromatic heterocycles. The lowest BCUT2D eigenvalue weighted by Crippen LogP contribution is -2.67. The summed E-state index contributed by atoms with van der Waals surface area (Å²) in [5, 5.41) is 23.3. The van der Waals surface area contributed by atoms with E-state index >= 15 is 0 Å².